The monoisotopic (exact) mass is 935 g/mol. The summed E-state index contributed by atoms with van der Waals surface area (Å²) >= 11 is 0. The SMILES string of the molecule is C1=Cc2c(c3ccccc3n2-c2ccc3c(c2)c2ccccc2n3-c2cc(-n3c4ccccc4c4cc(C[C@@H]5CCc6ccccc6-c6ccccc65)ccc43)nc(-c3ccc(-c4ccccc4)cc3)n2)CC1. The number of allylic oxidation sites excluding steroid dienone is 1. The van der Waals surface area contributed by atoms with E-state index < -0.39 is 0 Å². The van der Waals surface area contributed by atoms with Crippen LogP contribution in [0.5, 0.6) is 0 Å². The van der Waals surface area contributed by atoms with Crippen molar-refractivity contribution in [3.8, 4) is 51.0 Å². The van der Waals surface area contributed by atoms with Gasteiger partial charge in [0.05, 0.1) is 27.6 Å². The lowest BCUT2D eigenvalue weighted by Crippen LogP contribution is -2.06. The Morgan fingerprint density at radius 2 is 1.00 bits per heavy atom. The fourth-order valence-corrected chi connectivity index (χ4v) is 12.5. The number of aromatic nitrogens is 5. The molecule has 0 unspecified atom stereocenters. The van der Waals surface area contributed by atoms with Crippen LogP contribution in [0.1, 0.15) is 46.7 Å². The normalized spacial score (nSPS) is 14.2. The highest BCUT2D eigenvalue weighted by molar-refractivity contribution is 6.11. The minimum absolute atomic E-state index is 0.404. The molecule has 73 heavy (non-hydrogen) atoms. The Bertz CT molecular complexity index is 4360. The molecule has 1 atom stereocenters. The summed E-state index contributed by atoms with van der Waals surface area (Å²) in [6.45, 7) is 0. The van der Waals surface area contributed by atoms with E-state index in [1.807, 2.05) is 0 Å². The molecular weight excluding hydrogens is 887 g/mol. The van der Waals surface area contributed by atoms with Crippen molar-refractivity contribution < 1.29 is 0 Å². The summed E-state index contributed by atoms with van der Waals surface area (Å²) in [4.78, 5) is 11.1. The lowest BCUT2D eigenvalue weighted by Gasteiger charge is -2.18. The third-order valence-electron chi connectivity index (χ3n) is 15.9. The number of hydrogen-bond donors (Lipinski definition) is 0. The molecule has 2 aliphatic rings. The van der Waals surface area contributed by atoms with Gasteiger partial charge in [0.1, 0.15) is 11.6 Å². The Labute approximate surface area is 423 Å². The Morgan fingerprint density at radius 3 is 1.75 bits per heavy atom. The first-order valence-electron chi connectivity index (χ1n) is 25.8. The van der Waals surface area contributed by atoms with Crippen molar-refractivity contribution >= 4 is 60.6 Å². The van der Waals surface area contributed by atoms with E-state index in [4.69, 9.17) is 9.97 Å². The predicted octanol–water partition coefficient (Wildman–Crippen LogP) is 16.8. The molecule has 0 N–H and O–H groups in total. The zero-order valence-corrected chi connectivity index (χ0v) is 40.3. The van der Waals surface area contributed by atoms with Crippen LogP contribution in [0.15, 0.2) is 224 Å². The molecule has 0 bridgehead atoms. The van der Waals surface area contributed by atoms with Crippen LogP contribution in [-0.2, 0) is 19.3 Å². The lowest BCUT2D eigenvalue weighted by atomic mass is 9.86. The molecule has 4 heterocycles. The number of hydrogen-bond acceptors (Lipinski definition) is 2. The van der Waals surface area contributed by atoms with Crippen molar-refractivity contribution in [1.82, 2.24) is 23.7 Å². The van der Waals surface area contributed by atoms with Crippen LogP contribution in [0.25, 0.3) is 112 Å². The van der Waals surface area contributed by atoms with Gasteiger partial charge in [-0.3, -0.25) is 9.13 Å². The van der Waals surface area contributed by atoms with Crippen LogP contribution in [0, 0.1) is 0 Å². The van der Waals surface area contributed by atoms with E-state index in [1.165, 1.54) is 77.1 Å². The van der Waals surface area contributed by atoms with Gasteiger partial charge in [-0.25, -0.2) is 9.97 Å². The fourth-order valence-electron chi connectivity index (χ4n) is 12.5. The molecule has 0 fully saturated rings. The van der Waals surface area contributed by atoms with E-state index >= 15 is 0 Å². The third-order valence-corrected chi connectivity index (χ3v) is 15.9. The lowest BCUT2D eigenvalue weighted by molar-refractivity contribution is 0.629. The van der Waals surface area contributed by atoms with Crippen molar-refractivity contribution in [2.75, 3.05) is 0 Å². The number of fused-ring (bicyclic) bond motifs is 12. The molecule has 9 aromatic carbocycles. The van der Waals surface area contributed by atoms with Crippen LogP contribution >= 0.6 is 0 Å². The molecule has 15 rings (SSSR count). The summed E-state index contributed by atoms with van der Waals surface area (Å²) in [7, 11) is 0. The highest BCUT2D eigenvalue weighted by atomic mass is 15.1. The van der Waals surface area contributed by atoms with Gasteiger partial charge in [-0.1, -0.05) is 170 Å². The maximum absolute atomic E-state index is 5.54. The largest absolute Gasteiger partial charge is 0.310 e. The maximum atomic E-state index is 5.54. The quantitative estimate of drug-likeness (QED) is 0.160. The van der Waals surface area contributed by atoms with Crippen LogP contribution in [0.2, 0.25) is 0 Å². The molecule has 0 spiro atoms. The first-order valence-corrected chi connectivity index (χ1v) is 25.8. The average molecular weight is 936 g/mol. The Morgan fingerprint density at radius 1 is 0.425 bits per heavy atom. The van der Waals surface area contributed by atoms with Crippen molar-refractivity contribution in [1.29, 1.82) is 0 Å². The van der Waals surface area contributed by atoms with E-state index in [0.29, 0.717) is 11.7 Å². The first-order chi connectivity index (χ1) is 36.2. The standard InChI is InChI=1S/C68H49N5/c1-2-16-45(17-3-1)46-31-34-48(35-32-46)68-69-66(72-62-28-14-10-24-56(62)58-41-44(30-38-64(58)72)40-49-36-33-47-18-4-5-19-51(47)53-21-7-6-20-52(49)53)43-67(70-68)73-63-29-15-11-25-57(63)59-42-50(37-39-65(59)73)71-60-26-12-8-22-54(60)55-23-9-13-27-61(55)71/h1-8,10-22,24-32,34-35,37-39,41-43,49H,9,23,33,36,40H2/t49-/m0/s1. The molecule has 0 saturated carbocycles. The van der Waals surface area contributed by atoms with Crippen LogP contribution in [0.3, 0.4) is 0 Å². The number of aryl methyl sites for hydroxylation is 2. The van der Waals surface area contributed by atoms with E-state index in [0.717, 1.165) is 82.6 Å². The second-order valence-electron chi connectivity index (χ2n) is 20.0. The Kier molecular flexibility index (Phi) is 9.59. The van der Waals surface area contributed by atoms with E-state index in [1.54, 1.807) is 0 Å². The van der Waals surface area contributed by atoms with Gasteiger partial charge >= 0.3 is 0 Å². The molecule has 13 aromatic rings. The van der Waals surface area contributed by atoms with Gasteiger partial charge in [0, 0.05) is 49.9 Å². The number of benzene rings is 9. The van der Waals surface area contributed by atoms with E-state index in [-0.39, 0.29) is 0 Å². The van der Waals surface area contributed by atoms with Crippen LogP contribution < -0.4 is 0 Å². The maximum Gasteiger partial charge on any atom is 0.163 e. The average Bonchev–Trinajstić information content (AvgIpc) is 4.08. The molecule has 0 aliphatic heterocycles. The zero-order chi connectivity index (χ0) is 48.0. The minimum atomic E-state index is 0.404. The van der Waals surface area contributed by atoms with Crippen molar-refractivity contribution in [3.05, 3.63) is 252 Å². The van der Waals surface area contributed by atoms with Gasteiger partial charge in [-0.05, 0) is 137 Å². The van der Waals surface area contributed by atoms with Gasteiger partial charge in [0.2, 0.25) is 0 Å². The van der Waals surface area contributed by atoms with Crippen molar-refractivity contribution in [3.63, 3.8) is 0 Å². The number of rotatable bonds is 7. The van der Waals surface area contributed by atoms with Crippen LogP contribution in [-0.4, -0.2) is 23.7 Å². The van der Waals surface area contributed by atoms with Gasteiger partial charge in [0.25, 0.3) is 0 Å². The molecule has 346 valence electrons. The number of nitrogens with zero attached hydrogens (tertiary/aromatic N) is 5. The summed E-state index contributed by atoms with van der Waals surface area (Å²) in [6.07, 6.45) is 9.89. The topological polar surface area (TPSA) is 40.6 Å². The minimum Gasteiger partial charge on any atom is -0.310 e. The second kappa shape index (κ2) is 16.8. The third kappa shape index (κ3) is 6.76. The fraction of sp³-hybridized carbons (Fsp3) is 0.0882. The summed E-state index contributed by atoms with van der Waals surface area (Å²) in [5, 5.41) is 6.13. The Balaban J connectivity index is 0.908. The summed E-state index contributed by atoms with van der Waals surface area (Å²) < 4.78 is 7.16. The highest BCUT2D eigenvalue weighted by Crippen LogP contribution is 2.42. The zero-order valence-electron chi connectivity index (χ0n) is 40.3. The molecule has 5 nitrogen and oxygen atoms in total. The first kappa shape index (κ1) is 41.7. The molecule has 4 aromatic heterocycles. The van der Waals surface area contributed by atoms with Gasteiger partial charge in [0.15, 0.2) is 5.82 Å². The van der Waals surface area contributed by atoms with Crippen molar-refractivity contribution in [2.24, 2.45) is 0 Å². The molecule has 2 aliphatic carbocycles. The molecular formula is C68H49N5. The van der Waals surface area contributed by atoms with Crippen LogP contribution in [0.4, 0.5) is 0 Å². The second-order valence-corrected chi connectivity index (χ2v) is 20.0. The van der Waals surface area contributed by atoms with Gasteiger partial charge in [-0.2, -0.15) is 0 Å². The van der Waals surface area contributed by atoms with Gasteiger partial charge < -0.3 is 4.57 Å². The predicted molar refractivity (Wildman–Crippen MR) is 302 cm³/mol. The summed E-state index contributed by atoms with van der Waals surface area (Å²) in [5.41, 5.74) is 19.8. The molecule has 0 saturated heterocycles. The summed E-state index contributed by atoms with van der Waals surface area (Å²) in [6, 6.07) is 80.1. The molecule has 5 heteroatoms. The smallest absolute Gasteiger partial charge is 0.163 e. The Hall–Kier alpha value is -9.06. The van der Waals surface area contributed by atoms with Gasteiger partial charge in [-0.15, -0.1) is 0 Å². The van der Waals surface area contributed by atoms with E-state index in [9.17, 15) is 0 Å². The molecule has 0 amide bonds. The number of para-hydroxylation sites is 3. The highest BCUT2D eigenvalue weighted by Gasteiger charge is 2.25. The van der Waals surface area contributed by atoms with Crippen molar-refractivity contribution in [2.45, 2.75) is 38.0 Å². The molecule has 0 radical (unpaired) electrons. The summed E-state index contributed by atoms with van der Waals surface area (Å²) in [5.74, 6) is 2.71. The van der Waals surface area contributed by atoms with E-state index in [2.05, 4.69) is 244 Å².